The van der Waals surface area contributed by atoms with Crippen molar-refractivity contribution in [3.05, 3.63) is 103 Å². The lowest BCUT2D eigenvalue weighted by molar-refractivity contribution is 0.102. The van der Waals surface area contributed by atoms with Crippen LogP contribution in [0.2, 0.25) is 0 Å². The third-order valence-corrected chi connectivity index (χ3v) is 5.99. The van der Waals surface area contributed by atoms with Gasteiger partial charge in [-0.25, -0.2) is 17.2 Å². The number of anilines is 2. The normalized spacial score (nSPS) is 11.0. The lowest BCUT2D eigenvalue weighted by Gasteiger charge is -2.23. The van der Waals surface area contributed by atoms with E-state index in [1.807, 2.05) is 0 Å². The molecule has 0 fully saturated rings. The number of nitrogens with one attached hydrogen (secondary N) is 1. The highest BCUT2D eigenvalue weighted by Gasteiger charge is 2.25. The minimum Gasteiger partial charge on any atom is -0.322 e. The summed E-state index contributed by atoms with van der Waals surface area (Å²) in [5.41, 5.74) is 0.547. The number of carbonyl (C=O) groups is 1. The van der Waals surface area contributed by atoms with Gasteiger partial charge in [0.25, 0.3) is 15.9 Å². The van der Waals surface area contributed by atoms with E-state index in [1.165, 1.54) is 40.7 Å². The zero-order valence-electron chi connectivity index (χ0n) is 15.8. The standard InChI is InChI=1S/C22H18F2N2O3S/c1-2-13-26(18-8-4-3-5-9-18)30(28,29)19-10-6-7-16(14-19)22(27)25-17-11-12-20(23)21(24)15-17/h2-12,14-15H,1,13H2,(H,25,27). The summed E-state index contributed by atoms with van der Waals surface area (Å²) in [6, 6.07) is 16.9. The van der Waals surface area contributed by atoms with Crippen molar-refractivity contribution >= 4 is 27.3 Å². The van der Waals surface area contributed by atoms with Crippen molar-refractivity contribution in [3.63, 3.8) is 0 Å². The fourth-order valence-electron chi connectivity index (χ4n) is 2.76. The van der Waals surface area contributed by atoms with Crippen molar-refractivity contribution in [1.29, 1.82) is 0 Å². The number of sulfonamides is 1. The van der Waals surface area contributed by atoms with Gasteiger partial charge in [-0.2, -0.15) is 0 Å². The Morgan fingerprint density at radius 2 is 1.70 bits per heavy atom. The smallest absolute Gasteiger partial charge is 0.264 e. The molecule has 3 rings (SSSR count). The summed E-state index contributed by atoms with van der Waals surface area (Å²) in [6.07, 6.45) is 1.46. The topological polar surface area (TPSA) is 66.5 Å². The van der Waals surface area contributed by atoms with Crippen LogP contribution in [-0.2, 0) is 10.0 Å². The fourth-order valence-corrected chi connectivity index (χ4v) is 4.24. The second-order valence-corrected chi connectivity index (χ2v) is 8.13. The predicted molar refractivity (Wildman–Crippen MR) is 112 cm³/mol. The summed E-state index contributed by atoms with van der Waals surface area (Å²) in [7, 11) is -3.98. The first-order valence-corrected chi connectivity index (χ1v) is 10.3. The van der Waals surface area contributed by atoms with Crippen molar-refractivity contribution in [2.45, 2.75) is 4.90 Å². The highest BCUT2D eigenvalue weighted by atomic mass is 32.2. The molecule has 0 bridgehead atoms. The molecule has 0 heterocycles. The van der Waals surface area contributed by atoms with Crippen LogP contribution in [0, 0.1) is 11.6 Å². The van der Waals surface area contributed by atoms with E-state index in [1.54, 1.807) is 30.3 Å². The maximum Gasteiger partial charge on any atom is 0.264 e. The quantitative estimate of drug-likeness (QED) is 0.560. The molecule has 154 valence electrons. The molecule has 0 aromatic heterocycles. The number of nitrogens with zero attached hydrogens (tertiary/aromatic N) is 1. The Labute approximate surface area is 173 Å². The molecule has 3 aromatic carbocycles. The zero-order valence-corrected chi connectivity index (χ0v) is 16.6. The van der Waals surface area contributed by atoms with Gasteiger partial charge in [-0.15, -0.1) is 6.58 Å². The summed E-state index contributed by atoms with van der Waals surface area (Å²) in [5, 5.41) is 2.42. The van der Waals surface area contributed by atoms with Crippen LogP contribution >= 0.6 is 0 Å². The molecule has 3 aromatic rings. The van der Waals surface area contributed by atoms with Crippen molar-refractivity contribution < 1.29 is 22.0 Å². The van der Waals surface area contributed by atoms with Crippen LogP contribution in [0.25, 0.3) is 0 Å². The number of rotatable bonds is 7. The first-order chi connectivity index (χ1) is 14.3. The van der Waals surface area contributed by atoms with Gasteiger partial charge in [0.05, 0.1) is 17.1 Å². The molecular weight excluding hydrogens is 410 g/mol. The molecule has 0 spiro atoms. The summed E-state index contributed by atoms with van der Waals surface area (Å²) in [4.78, 5) is 12.4. The summed E-state index contributed by atoms with van der Waals surface area (Å²) < 4.78 is 54.0. The summed E-state index contributed by atoms with van der Waals surface area (Å²) >= 11 is 0. The van der Waals surface area contributed by atoms with E-state index in [2.05, 4.69) is 11.9 Å². The molecule has 0 saturated carbocycles. The molecule has 0 radical (unpaired) electrons. The van der Waals surface area contributed by atoms with Crippen LogP contribution in [0.5, 0.6) is 0 Å². The molecule has 5 nitrogen and oxygen atoms in total. The van der Waals surface area contributed by atoms with E-state index in [0.29, 0.717) is 5.69 Å². The molecule has 0 atom stereocenters. The number of para-hydroxylation sites is 1. The first-order valence-electron chi connectivity index (χ1n) is 8.88. The monoisotopic (exact) mass is 428 g/mol. The SMILES string of the molecule is C=CCN(c1ccccc1)S(=O)(=O)c1cccc(C(=O)Nc2ccc(F)c(F)c2)c1. The number of carbonyl (C=O) groups excluding carboxylic acids is 1. The van der Waals surface area contributed by atoms with Gasteiger partial charge in [-0.3, -0.25) is 9.10 Å². The van der Waals surface area contributed by atoms with E-state index in [9.17, 15) is 22.0 Å². The number of hydrogen-bond donors (Lipinski definition) is 1. The van der Waals surface area contributed by atoms with Crippen LogP contribution in [0.4, 0.5) is 20.2 Å². The Morgan fingerprint density at radius 1 is 0.967 bits per heavy atom. The van der Waals surface area contributed by atoms with Crippen LogP contribution in [0.15, 0.2) is 90.3 Å². The number of amides is 1. The molecule has 0 aliphatic carbocycles. The average Bonchev–Trinajstić information content (AvgIpc) is 2.75. The zero-order chi connectivity index (χ0) is 21.7. The molecule has 0 saturated heterocycles. The summed E-state index contributed by atoms with van der Waals surface area (Å²) in [6.45, 7) is 3.65. The Kier molecular flexibility index (Phi) is 6.27. The average molecular weight is 428 g/mol. The Balaban J connectivity index is 1.91. The fraction of sp³-hybridized carbons (Fsp3) is 0.0455. The van der Waals surface area contributed by atoms with Crippen LogP contribution in [-0.4, -0.2) is 20.9 Å². The Bertz CT molecular complexity index is 1180. The minimum absolute atomic E-state index is 0.0393. The van der Waals surface area contributed by atoms with E-state index < -0.39 is 27.6 Å². The lowest BCUT2D eigenvalue weighted by atomic mass is 10.2. The molecule has 8 heteroatoms. The molecule has 1 N–H and O–H groups in total. The predicted octanol–water partition coefficient (Wildman–Crippen LogP) is 4.60. The molecule has 30 heavy (non-hydrogen) atoms. The molecule has 0 aliphatic rings. The van der Waals surface area contributed by atoms with Crippen molar-refractivity contribution in [1.82, 2.24) is 0 Å². The van der Waals surface area contributed by atoms with Crippen molar-refractivity contribution in [2.24, 2.45) is 0 Å². The van der Waals surface area contributed by atoms with Crippen molar-refractivity contribution in [2.75, 3.05) is 16.2 Å². The van der Waals surface area contributed by atoms with Gasteiger partial charge in [-0.05, 0) is 42.5 Å². The van der Waals surface area contributed by atoms with Gasteiger partial charge in [0, 0.05) is 17.3 Å². The van der Waals surface area contributed by atoms with E-state index in [0.717, 1.165) is 12.1 Å². The van der Waals surface area contributed by atoms with E-state index in [4.69, 9.17) is 0 Å². The first kappa shape index (κ1) is 21.2. The molecule has 1 amide bonds. The lowest BCUT2D eigenvalue weighted by Crippen LogP contribution is -2.31. The van der Waals surface area contributed by atoms with Crippen LogP contribution in [0.3, 0.4) is 0 Å². The third-order valence-electron chi connectivity index (χ3n) is 4.20. The van der Waals surface area contributed by atoms with Crippen molar-refractivity contribution in [3.8, 4) is 0 Å². The van der Waals surface area contributed by atoms with Gasteiger partial charge in [0.2, 0.25) is 0 Å². The number of halogens is 2. The maximum absolute atomic E-state index is 13.4. The van der Waals surface area contributed by atoms with Gasteiger partial charge in [0.1, 0.15) is 0 Å². The van der Waals surface area contributed by atoms with Gasteiger partial charge < -0.3 is 5.32 Å². The second-order valence-electron chi connectivity index (χ2n) is 6.27. The minimum atomic E-state index is -3.98. The third kappa shape index (κ3) is 4.55. The van der Waals surface area contributed by atoms with E-state index in [-0.39, 0.29) is 22.7 Å². The van der Waals surface area contributed by atoms with Crippen LogP contribution < -0.4 is 9.62 Å². The highest BCUT2D eigenvalue weighted by molar-refractivity contribution is 7.92. The highest BCUT2D eigenvalue weighted by Crippen LogP contribution is 2.24. The Morgan fingerprint density at radius 3 is 2.37 bits per heavy atom. The van der Waals surface area contributed by atoms with Crippen LogP contribution in [0.1, 0.15) is 10.4 Å². The van der Waals surface area contributed by atoms with Gasteiger partial charge >= 0.3 is 0 Å². The van der Waals surface area contributed by atoms with Gasteiger partial charge in [0.15, 0.2) is 11.6 Å². The van der Waals surface area contributed by atoms with Gasteiger partial charge in [-0.1, -0.05) is 30.3 Å². The molecule has 0 unspecified atom stereocenters. The molecular formula is C22H18F2N2O3S. The number of benzene rings is 3. The number of hydrogen-bond acceptors (Lipinski definition) is 3. The largest absolute Gasteiger partial charge is 0.322 e. The Hall–Kier alpha value is -3.52. The van der Waals surface area contributed by atoms with E-state index >= 15 is 0 Å². The summed E-state index contributed by atoms with van der Waals surface area (Å²) in [5.74, 6) is -2.80. The maximum atomic E-state index is 13.4. The molecule has 0 aliphatic heterocycles. The second kappa shape index (κ2) is 8.87.